The number of methoxy groups -OCH3 is 2. The van der Waals surface area contributed by atoms with Gasteiger partial charge < -0.3 is 14.8 Å². The number of halogens is 1. The molecular weight excluding hydrogens is 474 g/mol. The Labute approximate surface area is 205 Å². The first-order valence-electron chi connectivity index (χ1n) is 10.6. The van der Waals surface area contributed by atoms with Crippen LogP contribution in [0.5, 0.6) is 11.5 Å². The van der Waals surface area contributed by atoms with Crippen LogP contribution in [0.4, 0.5) is 0 Å². The molecule has 0 aliphatic carbocycles. The summed E-state index contributed by atoms with van der Waals surface area (Å²) in [5.74, 6) is 1.03. The Bertz CT molecular complexity index is 1400. The Kier molecular flexibility index (Phi) is 7.19. The van der Waals surface area contributed by atoms with E-state index in [0.29, 0.717) is 39.7 Å². The van der Waals surface area contributed by atoms with Gasteiger partial charge in [-0.25, -0.2) is 4.98 Å². The standard InChI is InChI=1S/C25H24ClN3O4S/c1-15-22(17-5-7-18(26)8-6-17)23-24(34-15)28-14-29(25(23)31)13-21(30)27-11-10-16-4-9-19(32-2)20(12-16)33-3/h4-9,12,14H,10-11,13H2,1-3H3,(H,27,30). The van der Waals surface area contributed by atoms with Crippen molar-refractivity contribution < 1.29 is 14.3 Å². The van der Waals surface area contributed by atoms with Crippen molar-refractivity contribution in [2.24, 2.45) is 0 Å². The molecule has 1 N–H and O–H groups in total. The monoisotopic (exact) mass is 497 g/mol. The fourth-order valence-electron chi connectivity index (χ4n) is 3.81. The minimum atomic E-state index is -0.260. The van der Waals surface area contributed by atoms with E-state index in [1.165, 1.54) is 22.2 Å². The quantitative estimate of drug-likeness (QED) is 0.388. The minimum Gasteiger partial charge on any atom is -0.493 e. The van der Waals surface area contributed by atoms with Crippen LogP contribution in [0.2, 0.25) is 5.02 Å². The third-order valence-electron chi connectivity index (χ3n) is 5.49. The summed E-state index contributed by atoms with van der Waals surface area (Å²) in [5.41, 5.74) is 2.48. The van der Waals surface area contributed by atoms with Gasteiger partial charge in [-0.3, -0.25) is 14.2 Å². The minimum absolute atomic E-state index is 0.108. The van der Waals surface area contributed by atoms with Crippen LogP contribution in [-0.2, 0) is 17.8 Å². The van der Waals surface area contributed by atoms with Gasteiger partial charge in [-0.2, -0.15) is 0 Å². The van der Waals surface area contributed by atoms with Crippen LogP contribution in [0, 0.1) is 6.92 Å². The Morgan fingerprint density at radius 3 is 2.56 bits per heavy atom. The molecule has 4 rings (SSSR count). The topological polar surface area (TPSA) is 82.5 Å². The Morgan fingerprint density at radius 1 is 1.12 bits per heavy atom. The molecule has 2 aromatic carbocycles. The lowest BCUT2D eigenvalue weighted by atomic mass is 10.0. The van der Waals surface area contributed by atoms with Crippen molar-refractivity contribution in [2.45, 2.75) is 19.9 Å². The molecule has 0 unspecified atom stereocenters. The summed E-state index contributed by atoms with van der Waals surface area (Å²) in [7, 11) is 3.17. The van der Waals surface area contributed by atoms with Crippen molar-refractivity contribution in [3.8, 4) is 22.6 Å². The number of aromatic nitrogens is 2. The van der Waals surface area contributed by atoms with Crippen molar-refractivity contribution in [3.63, 3.8) is 0 Å². The zero-order valence-corrected chi connectivity index (χ0v) is 20.6. The number of ether oxygens (including phenoxy) is 2. The smallest absolute Gasteiger partial charge is 0.263 e. The summed E-state index contributed by atoms with van der Waals surface area (Å²) in [4.78, 5) is 31.9. The van der Waals surface area contributed by atoms with E-state index < -0.39 is 0 Å². The van der Waals surface area contributed by atoms with Gasteiger partial charge in [-0.05, 0) is 48.7 Å². The van der Waals surface area contributed by atoms with Crippen molar-refractivity contribution in [3.05, 3.63) is 74.6 Å². The van der Waals surface area contributed by atoms with Crippen LogP contribution in [0.1, 0.15) is 10.4 Å². The maximum atomic E-state index is 13.3. The predicted octanol–water partition coefficient (Wildman–Crippen LogP) is 4.46. The van der Waals surface area contributed by atoms with E-state index in [4.69, 9.17) is 21.1 Å². The summed E-state index contributed by atoms with van der Waals surface area (Å²) in [6, 6.07) is 13.0. The lowest BCUT2D eigenvalue weighted by Gasteiger charge is -2.10. The molecule has 0 spiro atoms. The van der Waals surface area contributed by atoms with Gasteiger partial charge in [0.05, 0.1) is 25.9 Å². The molecule has 0 atom stereocenters. The van der Waals surface area contributed by atoms with Crippen LogP contribution >= 0.6 is 22.9 Å². The fraction of sp³-hybridized carbons (Fsp3) is 0.240. The van der Waals surface area contributed by atoms with Gasteiger partial charge >= 0.3 is 0 Å². The Balaban J connectivity index is 1.48. The zero-order chi connectivity index (χ0) is 24.2. The highest BCUT2D eigenvalue weighted by molar-refractivity contribution is 7.19. The van der Waals surface area contributed by atoms with Crippen LogP contribution in [0.3, 0.4) is 0 Å². The van der Waals surface area contributed by atoms with Gasteiger partial charge in [0.25, 0.3) is 5.56 Å². The molecule has 0 saturated carbocycles. The maximum absolute atomic E-state index is 13.3. The predicted molar refractivity (Wildman–Crippen MR) is 135 cm³/mol. The van der Waals surface area contributed by atoms with Gasteiger partial charge in [0.2, 0.25) is 5.91 Å². The maximum Gasteiger partial charge on any atom is 0.263 e. The summed E-state index contributed by atoms with van der Waals surface area (Å²) in [5, 5.41) is 4.01. The number of rotatable bonds is 8. The molecule has 0 radical (unpaired) electrons. The van der Waals surface area contributed by atoms with Crippen molar-refractivity contribution in [2.75, 3.05) is 20.8 Å². The number of benzene rings is 2. The molecule has 2 heterocycles. The van der Waals surface area contributed by atoms with Gasteiger partial charge in [0, 0.05) is 22.0 Å². The lowest BCUT2D eigenvalue weighted by molar-refractivity contribution is -0.121. The molecule has 1 amide bonds. The molecule has 9 heteroatoms. The van der Waals surface area contributed by atoms with E-state index in [0.717, 1.165) is 21.6 Å². The molecule has 0 bridgehead atoms. The largest absolute Gasteiger partial charge is 0.493 e. The van der Waals surface area contributed by atoms with Crippen molar-refractivity contribution in [1.82, 2.24) is 14.9 Å². The molecule has 0 saturated heterocycles. The van der Waals surface area contributed by atoms with E-state index in [2.05, 4.69) is 10.3 Å². The van der Waals surface area contributed by atoms with E-state index in [9.17, 15) is 9.59 Å². The molecule has 2 aromatic heterocycles. The highest BCUT2D eigenvalue weighted by Gasteiger charge is 2.18. The van der Waals surface area contributed by atoms with E-state index in [-0.39, 0.29) is 18.0 Å². The van der Waals surface area contributed by atoms with Crippen molar-refractivity contribution >= 4 is 39.1 Å². The average molecular weight is 498 g/mol. The normalized spacial score (nSPS) is 10.9. The first-order chi connectivity index (χ1) is 16.4. The highest BCUT2D eigenvalue weighted by atomic mass is 35.5. The van der Waals surface area contributed by atoms with Gasteiger partial charge in [-0.1, -0.05) is 29.8 Å². The second-order valence-corrected chi connectivity index (χ2v) is 9.33. The number of amides is 1. The summed E-state index contributed by atoms with van der Waals surface area (Å²) < 4.78 is 11.9. The molecule has 4 aromatic rings. The molecule has 34 heavy (non-hydrogen) atoms. The van der Waals surface area contributed by atoms with Crippen LogP contribution in [0.15, 0.2) is 53.6 Å². The average Bonchev–Trinajstić information content (AvgIpc) is 3.18. The number of hydrogen-bond donors (Lipinski definition) is 1. The lowest BCUT2D eigenvalue weighted by Crippen LogP contribution is -2.33. The second kappa shape index (κ2) is 10.3. The number of nitrogens with zero attached hydrogens (tertiary/aromatic N) is 2. The number of carbonyl (C=O) groups is 1. The fourth-order valence-corrected chi connectivity index (χ4v) is 4.94. The Hall–Kier alpha value is -3.36. The zero-order valence-electron chi connectivity index (χ0n) is 19.1. The number of hydrogen-bond acceptors (Lipinski definition) is 6. The summed E-state index contributed by atoms with van der Waals surface area (Å²) >= 11 is 7.48. The van der Waals surface area contributed by atoms with Crippen LogP contribution < -0.4 is 20.3 Å². The molecule has 0 fully saturated rings. The molecule has 0 aliphatic heterocycles. The van der Waals surface area contributed by atoms with Gasteiger partial charge in [0.1, 0.15) is 11.4 Å². The molecule has 7 nitrogen and oxygen atoms in total. The molecule has 176 valence electrons. The molecule has 0 aliphatic rings. The summed E-state index contributed by atoms with van der Waals surface area (Å²) in [6.45, 7) is 2.27. The number of carbonyl (C=O) groups excluding carboxylic acids is 1. The van der Waals surface area contributed by atoms with E-state index in [1.807, 2.05) is 37.3 Å². The third kappa shape index (κ3) is 4.93. The first-order valence-corrected chi connectivity index (χ1v) is 11.8. The Morgan fingerprint density at radius 2 is 1.85 bits per heavy atom. The van der Waals surface area contributed by atoms with Crippen LogP contribution in [-0.4, -0.2) is 36.2 Å². The first kappa shape index (κ1) is 23.8. The van der Waals surface area contributed by atoms with E-state index >= 15 is 0 Å². The third-order valence-corrected chi connectivity index (χ3v) is 6.75. The summed E-state index contributed by atoms with van der Waals surface area (Å²) in [6.07, 6.45) is 2.04. The number of thiophene rings is 1. The second-order valence-electron chi connectivity index (χ2n) is 7.69. The number of nitrogens with one attached hydrogen (secondary N) is 1. The van der Waals surface area contributed by atoms with Crippen molar-refractivity contribution in [1.29, 1.82) is 0 Å². The highest BCUT2D eigenvalue weighted by Crippen LogP contribution is 2.35. The van der Waals surface area contributed by atoms with Gasteiger partial charge in [0.15, 0.2) is 11.5 Å². The van der Waals surface area contributed by atoms with Gasteiger partial charge in [-0.15, -0.1) is 11.3 Å². The van der Waals surface area contributed by atoms with E-state index in [1.54, 1.807) is 26.4 Å². The number of aryl methyl sites for hydroxylation is 1. The van der Waals surface area contributed by atoms with Crippen LogP contribution in [0.25, 0.3) is 21.3 Å². The number of fused-ring (bicyclic) bond motifs is 1. The molecular formula is C25H24ClN3O4S. The SMILES string of the molecule is COc1ccc(CCNC(=O)Cn2cnc3sc(C)c(-c4ccc(Cl)cc4)c3c2=O)cc1OC.